The van der Waals surface area contributed by atoms with Gasteiger partial charge in [0.15, 0.2) is 5.82 Å². The van der Waals surface area contributed by atoms with Gasteiger partial charge in [-0.1, -0.05) is 79.2 Å². The number of aliphatic hydroxyl groups is 1. The number of benzene rings is 3. The number of unbranched alkanes of at least 4 members (excludes halogenated alkanes) is 1. The summed E-state index contributed by atoms with van der Waals surface area (Å²) in [5, 5.41) is 13.5. The maximum Gasteiger partial charge on any atom is 0.439 e. The standard InChI is InChI=1S/C36H38N4O5.K/c1-4-5-10-30-37-32(26-15-16-26)31(25-17-19-27(20-18-25)44-36(2,3)22-41)34(42)40(30)21-23-11-13-24(14-12-23)28-8-6-7-9-29(28)33-38-35(43)45-39-33;/h6-9,11-14,17-20,26,41H,4-5,10,15-16,21-22H2,1-3H3,(H,38,39,43);. The van der Waals surface area contributed by atoms with Crippen LogP contribution >= 0.6 is 0 Å². The van der Waals surface area contributed by atoms with E-state index in [-0.39, 0.29) is 63.6 Å². The molecule has 1 aliphatic carbocycles. The molecule has 2 aromatic heterocycles. The Morgan fingerprint density at radius 2 is 1.65 bits per heavy atom. The Bertz CT molecular complexity index is 1900. The number of aromatic nitrogens is 4. The summed E-state index contributed by atoms with van der Waals surface area (Å²) in [6.07, 6.45) is 4.76. The molecule has 233 valence electrons. The van der Waals surface area contributed by atoms with E-state index in [0.717, 1.165) is 71.4 Å². The fraction of sp³-hybridized carbons (Fsp3) is 0.333. The fourth-order valence-corrected chi connectivity index (χ4v) is 5.53. The van der Waals surface area contributed by atoms with E-state index < -0.39 is 11.4 Å². The number of ether oxygens (including phenoxy) is 1. The molecule has 0 atom stereocenters. The van der Waals surface area contributed by atoms with Crippen LogP contribution in [-0.4, -0.2) is 88.4 Å². The van der Waals surface area contributed by atoms with Crippen molar-refractivity contribution in [2.24, 2.45) is 0 Å². The van der Waals surface area contributed by atoms with Gasteiger partial charge in [0.25, 0.3) is 5.56 Å². The molecule has 1 radical (unpaired) electrons. The molecule has 1 fully saturated rings. The van der Waals surface area contributed by atoms with Crippen molar-refractivity contribution in [1.29, 1.82) is 0 Å². The fourth-order valence-electron chi connectivity index (χ4n) is 5.53. The van der Waals surface area contributed by atoms with E-state index in [1.807, 2.05) is 91.2 Å². The van der Waals surface area contributed by atoms with Gasteiger partial charge < -0.3 is 9.84 Å². The van der Waals surface area contributed by atoms with Gasteiger partial charge in [0.1, 0.15) is 17.2 Å². The Morgan fingerprint density at radius 1 is 0.978 bits per heavy atom. The molecule has 3 aromatic carbocycles. The molecular formula is C36H38KN4O5. The van der Waals surface area contributed by atoms with Crippen molar-refractivity contribution < 1.29 is 14.4 Å². The second kappa shape index (κ2) is 14.7. The van der Waals surface area contributed by atoms with Crippen molar-refractivity contribution in [2.75, 3.05) is 6.61 Å². The van der Waals surface area contributed by atoms with Crippen LogP contribution in [-0.2, 0) is 13.0 Å². The molecule has 0 aliphatic heterocycles. The smallest absolute Gasteiger partial charge is 0.439 e. The van der Waals surface area contributed by atoms with Crippen molar-refractivity contribution in [1.82, 2.24) is 19.7 Å². The molecule has 1 aliphatic rings. The second-order valence-corrected chi connectivity index (χ2v) is 12.3. The Balaban J connectivity index is 0.00000417. The summed E-state index contributed by atoms with van der Waals surface area (Å²) in [5.74, 6) is 1.52. The minimum absolute atomic E-state index is 0. The summed E-state index contributed by atoms with van der Waals surface area (Å²) < 4.78 is 12.5. The van der Waals surface area contributed by atoms with Crippen LogP contribution < -0.4 is 16.1 Å². The summed E-state index contributed by atoms with van der Waals surface area (Å²) in [7, 11) is 0. The van der Waals surface area contributed by atoms with Crippen LogP contribution in [0.3, 0.4) is 0 Å². The molecule has 0 unspecified atom stereocenters. The first-order valence-electron chi connectivity index (χ1n) is 15.5. The van der Waals surface area contributed by atoms with Gasteiger partial charge in [-0.2, -0.15) is 0 Å². The normalized spacial score (nSPS) is 13.0. The largest absolute Gasteiger partial charge is 0.485 e. The Morgan fingerprint density at radius 3 is 2.26 bits per heavy atom. The second-order valence-electron chi connectivity index (χ2n) is 12.3. The summed E-state index contributed by atoms with van der Waals surface area (Å²) in [6, 6.07) is 23.3. The van der Waals surface area contributed by atoms with Crippen molar-refractivity contribution in [2.45, 2.75) is 70.9 Å². The zero-order valence-electron chi connectivity index (χ0n) is 26.9. The van der Waals surface area contributed by atoms with Gasteiger partial charge in [0.2, 0.25) is 0 Å². The molecule has 0 saturated heterocycles. The molecule has 0 spiro atoms. The van der Waals surface area contributed by atoms with Gasteiger partial charge in [0, 0.05) is 69.3 Å². The number of nitrogens with zero attached hydrogens (tertiary/aromatic N) is 3. The van der Waals surface area contributed by atoms with Crippen molar-refractivity contribution >= 4 is 51.4 Å². The number of aromatic amines is 1. The van der Waals surface area contributed by atoms with Gasteiger partial charge in [-0.3, -0.25) is 18.9 Å². The Kier molecular flexibility index (Phi) is 11.0. The summed E-state index contributed by atoms with van der Waals surface area (Å²) >= 11 is 0. The third-order valence-electron chi connectivity index (χ3n) is 8.14. The topological polar surface area (TPSA) is 123 Å². The quantitative estimate of drug-likeness (QED) is 0.161. The van der Waals surface area contributed by atoms with Crippen LogP contribution in [0.2, 0.25) is 0 Å². The SMILES string of the molecule is CCCCc1nc(C2CC2)c(-c2ccc(OC(C)(C)CO)cc2)c(=O)n1Cc1ccc(-c2ccccc2-c2noc(=O)[nH]2)cc1.[K]. The maximum atomic E-state index is 14.4. The summed E-state index contributed by atoms with van der Waals surface area (Å²) in [6.45, 7) is 6.09. The summed E-state index contributed by atoms with van der Waals surface area (Å²) in [5.41, 5.74) is 5.21. The van der Waals surface area contributed by atoms with Gasteiger partial charge in [-0.05, 0) is 67.5 Å². The first-order chi connectivity index (χ1) is 21.8. The van der Waals surface area contributed by atoms with E-state index in [1.165, 1.54) is 0 Å². The van der Waals surface area contributed by atoms with Crippen LogP contribution in [0.1, 0.15) is 69.5 Å². The van der Waals surface area contributed by atoms with Gasteiger partial charge >= 0.3 is 5.76 Å². The molecule has 6 rings (SSSR count). The van der Waals surface area contributed by atoms with Gasteiger partial charge in [0.05, 0.1) is 24.4 Å². The van der Waals surface area contributed by atoms with E-state index >= 15 is 0 Å². The predicted molar refractivity (Wildman–Crippen MR) is 179 cm³/mol. The van der Waals surface area contributed by atoms with Crippen molar-refractivity contribution in [3.63, 3.8) is 0 Å². The minimum Gasteiger partial charge on any atom is -0.485 e. The van der Waals surface area contributed by atoms with Gasteiger partial charge in [-0.25, -0.2) is 9.78 Å². The molecule has 2 heterocycles. The van der Waals surface area contributed by atoms with Crippen molar-refractivity contribution in [3.05, 3.63) is 111 Å². The van der Waals surface area contributed by atoms with Crippen LogP contribution in [0, 0.1) is 0 Å². The van der Waals surface area contributed by atoms with Gasteiger partial charge in [-0.15, -0.1) is 0 Å². The first-order valence-corrected chi connectivity index (χ1v) is 15.5. The number of aliphatic hydroxyl groups excluding tert-OH is 1. The zero-order valence-corrected chi connectivity index (χ0v) is 30.0. The van der Waals surface area contributed by atoms with Crippen LogP contribution in [0.25, 0.3) is 33.6 Å². The molecule has 5 aromatic rings. The van der Waals surface area contributed by atoms with E-state index in [4.69, 9.17) is 14.2 Å². The number of H-pyrrole nitrogens is 1. The number of nitrogens with one attached hydrogen (secondary N) is 1. The average Bonchev–Trinajstić information content (AvgIpc) is 3.81. The number of hydrogen-bond donors (Lipinski definition) is 2. The molecule has 46 heavy (non-hydrogen) atoms. The van der Waals surface area contributed by atoms with E-state index in [9.17, 15) is 14.7 Å². The Hall–Kier alpha value is -3.12. The molecular weight excluding hydrogens is 608 g/mol. The molecule has 2 N–H and O–H groups in total. The van der Waals surface area contributed by atoms with Crippen LogP contribution in [0.4, 0.5) is 0 Å². The number of hydrogen-bond acceptors (Lipinski definition) is 7. The minimum atomic E-state index is -0.706. The number of aryl methyl sites for hydroxylation is 1. The van der Waals surface area contributed by atoms with Crippen LogP contribution in [0.15, 0.2) is 86.9 Å². The zero-order chi connectivity index (χ0) is 31.6. The predicted octanol–water partition coefficient (Wildman–Crippen LogP) is 5.96. The van der Waals surface area contributed by atoms with E-state index in [1.54, 1.807) is 0 Å². The third-order valence-corrected chi connectivity index (χ3v) is 8.14. The summed E-state index contributed by atoms with van der Waals surface area (Å²) in [4.78, 5) is 33.7. The third kappa shape index (κ3) is 7.70. The van der Waals surface area contributed by atoms with Crippen LogP contribution in [0.5, 0.6) is 5.75 Å². The van der Waals surface area contributed by atoms with E-state index in [2.05, 4.69) is 17.1 Å². The Labute approximate surface area is 310 Å². The monoisotopic (exact) mass is 645 g/mol. The molecule has 1 saturated carbocycles. The molecule has 0 bridgehead atoms. The molecule has 10 heteroatoms. The van der Waals surface area contributed by atoms with E-state index in [0.29, 0.717) is 29.6 Å². The van der Waals surface area contributed by atoms with Crippen molar-refractivity contribution in [3.8, 4) is 39.4 Å². The molecule has 9 nitrogen and oxygen atoms in total. The number of rotatable bonds is 12. The maximum absolute atomic E-state index is 14.4. The average molecular weight is 646 g/mol. The first kappa shape index (κ1) is 34.2. The molecule has 0 amide bonds.